The molecule has 1 aliphatic rings. The normalized spacial score (nSPS) is 20.4. The summed E-state index contributed by atoms with van der Waals surface area (Å²) in [5.74, 6) is 0.145. The molecule has 1 amide bonds. The van der Waals surface area contributed by atoms with Crippen LogP contribution in [-0.4, -0.2) is 42.7 Å². The van der Waals surface area contributed by atoms with Crippen molar-refractivity contribution in [1.82, 2.24) is 10.2 Å². The maximum absolute atomic E-state index is 12.3. The second-order valence-electron chi connectivity index (χ2n) is 4.28. The van der Waals surface area contributed by atoms with Crippen LogP contribution >= 0.6 is 11.8 Å². The minimum atomic E-state index is 0.145. The van der Waals surface area contributed by atoms with Crippen molar-refractivity contribution in [2.75, 3.05) is 25.9 Å². The number of amides is 1. The molecule has 1 aromatic rings. The molecule has 0 aromatic heterocycles. The Morgan fingerprint density at radius 3 is 2.71 bits per heavy atom. The van der Waals surface area contributed by atoms with E-state index in [-0.39, 0.29) is 11.9 Å². The first kappa shape index (κ1) is 12.5. The lowest BCUT2D eigenvalue weighted by Gasteiger charge is -2.34. The van der Waals surface area contributed by atoms with Crippen LogP contribution < -0.4 is 5.32 Å². The molecule has 17 heavy (non-hydrogen) atoms. The van der Waals surface area contributed by atoms with Gasteiger partial charge in [-0.2, -0.15) is 0 Å². The Morgan fingerprint density at radius 1 is 1.41 bits per heavy atom. The Morgan fingerprint density at radius 2 is 2.12 bits per heavy atom. The van der Waals surface area contributed by atoms with E-state index in [9.17, 15) is 4.79 Å². The van der Waals surface area contributed by atoms with Crippen molar-refractivity contribution >= 4 is 17.7 Å². The highest BCUT2D eigenvalue weighted by Gasteiger charge is 2.23. The largest absolute Gasteiger partial charge is 0.333 e. The Labute approximate surface area is 107 Å². The van der Waals surface area contributed by atoms with E-state index < -0.39 is 0 Å². The monoisotopic (exact) mass is 250 g/mol. The zero-order chi connectivity index (χ0) is 12.3. The van der Waals surface area contributed by atoms with Crippen molar-refractivity contribution in [1.29, 1.82) is 0 Å². The third kappa shape index (κ3) is 2.82. The summed E-state index contributed by atoms with van der Waals surface area (Å²) in [6.07, 6.45) is 2.04. The van der Waals surface area contributed by atoms with Gasteiger partial charge >= 0.3 is 0 Å². The summed E-state index contributed by atoms with van der Waals surface area (Å²) in [5.41, 5.74) is 0.788. The van der Waals surface area contributed by atoms with E-state index in [1.807, 2.05) is 35.4 Å². The van der Waals surface area contributed by atoms with Gasteiger partial charge in [0.1, 0.15) is 0 Å². The fourth-order valence-corrected chi connectivity index (χ4v) is 2.45. The maximum atomic E-state index is 12.3. The van der Waals surface area contributed by atoms with Gasteiger partial charge in [0, 0.05) is 36.1 Å². The molecule has 0 spiro atoms. The predicted octanol–water partition coefficient (Wildman–Crippen LogP) is 1.84. The first-order valence-corrected chi connectivity index (χ1v) is 7.10. The molecule has 0 bridgehead atoms. The lowest BCUT2D eigenvalue weighted by Crippen LogP contribution is -2.52. The number of hydrogen-bond donors (Lipinski definition) is 1. The van der Waals surface area contributed by atoms with E-state index in [1.165, 1.54) is 4.90 Å². The molecular weight excluding hydrogens is 232 g/mol. The fourth-order valence-electron chi connectivity index (χ4n) is 2.04. The lowest BCUT2D eigenvalue weighted by atomic mass is 10.1. The van der Waals surface area contributed by atoms with Crippen molar-refractivity contribution in [3.63, 3.8) is 0 Å². The fraction of sp³-hybridized carbons (Fsp3) is 0.462. The number of benzene rings is 1. The lowest BCUT2D eigenvalue weighted by molar-refractivity contribution is 0.0655. The van der Waals surface area contributed by atoms with Crippen LogP contribution in [0.3, 0.4) is 0 Å². The van der Waals surface area contributed by atoms with Gasteiger partial charge in [-0.3, -0.25) is 4.79 Å². The number of thioether (sulfide) groups is 1. The molecule has 0 unspecified atom stereocenters. The van der Waals surface area contributed by atoms with E-state index in [0.717, 1.165) is 25.2 Å². The molecular formula is C13H18N2OS. The summed E-state index contributed by atoms with van der Waals surface area (Å²) in [7, 11) is 0. The quantitative estimate of drug-likeness (QED) is 0.813. The van der Waals surface area contributed by atoms with Crippen LogP contribution in [0.15, 0.2) is 29.2 Å². The molecule has 4 heteroatoms. The zero-order valence-electron chi connectivity index (χ0n) is 10.3. The van der Waals surface area contributed by atoms with Crippen LogP contribution in [-0.2, 0) is 0 Å². The van der Waals surface area contributed by atoms with Gasteiger partial charge in [0.25, 0.3) is 5.91 Å². The van der Waals surface area contributed by atoms with Crippen LogP contribution in [0.25, 0.3) is 0 Å². The number of hydrogen-bond acceptors (Lipinski definition) is 3. The number of rotatable bonds is 2. The van der Waals surface area contributed by atoms with E-state index in [0.29, 0.717) is 0 Å². The topological polar surface area (TPSA) is 32.3 Å². The molecule has 1 heterocycles. The Kier molecular flexibility index (Phi) is 4.07. The molecule has 0 aliphatic carbocycles. The molecule has 3 nitrogen and oxygen atoms in total. The summed E-state index contributed by atoms with van der Waals surface area (Å²) >= 11 is 1.69. The summed E-state index contributed by atoms with van der Waals surface area (Å²) in [5, 5.41) is 3.29. The number of nitrogens with zero attached hydrogens (tertiary/aromatic N) is 1. The van der Waals surface area contributed by atoms with Crippen LogP contribution in [0.2, 0.25) is 0 Å². The van der Waals surface area contributed by atoms with Gasteiger partial charge in [0.05, 0.1) is 0 Å². The van der Waals surface area contributed by atoms with Gasteiger partial charge in [-0.05, 0) is 37.4 Å². The summed E-state index contributed by atoms with van der Waals surface area (Å²) in [6.45, 7) is 4.65. The van der Waals surface area contributed by atoms with Crippen molar-refractivity contribution < 1.29 is 4.79 Å². The van der Waals surface area contributed by atoms with Crippen molar-refractivity contribution in [2.24, 2.45) is 0 Å². The third-order valence-electron chi connectivity index (χ3n) is 3.10. The molecule has 0 radical (unpaired) electrons. The SMILES string of the molecule is CSc1ccc(C(=O)N2CCNC[C@H]2C)cc1. The molecule has 1 aromatic carbocycles. The van der Waals surface area contributed by atoms with E-state index >= 15 is 0 Å². The van der Waals surface area contributed by atoms with Crippen LogP contribution in [0.4, 0.5) is 0 Å². The maximum Gasteiger partial charge on any atom is 0.254 e. The van der Waals surface area contributed by atoms with Crippen molar-refractivity contribution in [2.45, 2.75) is 17.9 Å². The predicted molar refractivity (Wildman–Crippen MR) is 71.6 cm³/mol. The molecule has 1 saturated heterocycles. The van der Waals surface area contributed by atoms with Crippen LogP contribution in [0.1, 0.15) is 17.3 Å². The molecule has 1 aliphatic heterocycles. The van der Waals surface area contributed by atoms with Gasteiger partial charge in [0.15, 0.2) is 0 Å². The Hall–Kier alpha value is -1.00. The van der Waals surface area contributed by atoms with Crippen molar-refractivity contribution in [3.8, 4) is 0 Å². The highest BCUT2D eigenvalue weighted by Crippen LogP contribution is 2.17. The number of piperazine rings is 1. The third-order valence-corrected chi connectivity index (χ3v) is 3.84. The Bertz CT molecular complexity index is 391. The minimum Gasteiger partial charge on any atom is -0.333 e. The second kappa shape index (κ2) is 5.56. The number of carbonyl (C=O) groups is 1. The van der Waals surface area contributed by atoms with E-state index in [1.54, 1.807) is 11.8 Å². The highest BCUT2D eigenvalue weighted by atomic mass is 32.2. The number of carbonyl (C=O) groups excluding carboxylic acids is 1. The van der Waals surface area contributed by atoms with Gasteiger partial charge in [-0.15, -0.1) is 11.8 Å². The van der Waals surface area contributed by atoms with Crippen molar-refractivity contribution in [3.05, 3.63) is 29.8 Å². The highest BCUT2D eigenvalue weighted by molar-refractivity contribution is 7.98. The molecule has 1 N–H and O–H groups in total. The summed E-state index contributed by atoms with van der Waals surface area (Å²) < 4.78 is 0. The summed E-state index contributed by atoms with van der Waals surface area (Å²) in [4.78, 5) is 15.4. The Balaban J connectivity index is 2.12. The molecule has 0 saturated carbocycles. The van der Waals surface area contributed by atoms with Crippen LogP contribution in [0.5, 0.6) is 0 Å². The minimum absolute atomic E-state index is 0.145. The molecule has 92 valence electrons. The van der Waals surface area contributed by atoms with Gasteiger partial charge in [-0.25, -0.2) is 0 Å². The van der Waals surface area contributed by atoms with Crippen LogP contribution in [0, 0.1) is 0 Å². The average Bonchev–Trinajstić information content (AvgIpc) is 2.39. The standard InChI is InChI=1S/C13H18N2OS/c1-10-9-14-7-8-15(10)13(16)11-3-5-12(17-2)6-4-11/h3-6,10,14H,7-9H2,1-2H3/t10-/m1/s1. The van der Waals surface area contributed by atoms with Gasteiger partial charge in [0.2, 0.25) is 0 Å². The van der Waals surface area contributed by atoms with Gasteiger partial charge in [-0.1, -0.05) is 0 Å². The second-order valence-corrected chi connectivity index (χ2v) is 5.16. The van der Waals surface area contributed by atoms with E-state index in [4.69, 9.17) is 0 Å². The van der Waals surface area contributed by atoms with Gasteiger partial charge < -0.3 is 10.2 Å². The van der Waals surface area contributed by atoms with E-state index in [2.05, 4.69) is 12.2 Å². The average molecular weight is 250 g/mol. The first-order chi connectivity index (χ1) is 8.22. The smallest absolute Gasteiger partial charge is 0.254 e. The molecule has 1 atom stereocenters. The summed E-state index contributed by atoms with van der Waals surface area (Å²) in [6, 6.07) is 8.12. The number of nitrogens with one attached hydrogen (secondary N) is 1. The molecule has 1 fully saturated rings. The zero-order valence-corrected chi connectivity index (χ0v) is 11.1. The molecule has 2 rings (SSSR count). The first-order valence-electron chi connectivity index (χ1n) is 5.88.